The molecular formula is C18H22ClN. The lowest BCUT2D eigenvalue weighted by atomic mass is 9.88. The Labute approximate surface area is 127 Å². The first-order chi connectivity index (χ1) is 9.74. The van der Waals surface area contributed by atoms with Crippen molar-refractivity contribution in [1.29, 1.82) is 0 Å². The van der Waals surface area contributed by atoms with Crippen molar-refractivity contribution in [2.24, 2.45) is 0 Å². The maximum absolute atomic E-state index is 6.14. The molecule has 0 aromatic heterocycles. The first-order valence-corrected chi connectivity index (χ1v) is 7.61. The molecule has 0 spiro atoms. The molecule has 20 heavy (non-hydrogen) atoms. The topological polar surface area (TPSA) is 12.0 Å². The minimum absolute atomic E-state index is 0.395. The quantitative estimate of drug-likeness (QED) is 0.816. The third kappa shape index (κ3) is 3.84. The maximum atomic E-state index is 6.14. The molecule has 0 aliphatic rings. The highest BCUT2D eigenvalue weighted by atomic mass is 35.5. The maximum Gasteiger partial charge on any atom is 0.0408 e. The van der Waals surface area contributed by atoms with Gasteiger partial charge >= 0.3 is 0 Å². The molecule has 2 heteroatoms. The van der Waals surface area contributed by atoms with Crippen molar-refractivity contribution in [2.45, 2.75) is 25.7 Å². The van der Waals surface area contributed by atoms with Crippen LogP contribution in [0.3, 0.4) is 0 Å². The molecule has 0 aliphatic heterocycles. The van der Waals surface area contributed by atoms with Crippen LogP contribution in [0.2, 0.25) is 5.02 Å². The van der Waals surface area contributed by atoms with Gasteiger partial charge in [-0.3, -0.25) is 0 Å². The van der Waals surface area contributed by atoms with E-state index in [2.05, 4.69) is 48.6 Å². The molecule has 0 saturated carbocycles. The molecule has 2 aromatic rings. The summed E-state index contributed by atoms with van der Waals surface area (Å²) in [6.07, 6.45) is 2.15. The number of benzene rings is 2. The minimum atomic E-state index is 0.395. The van der Waals surface area contributed by atoms with E-state index in [1.54, 1.807) is 0 Å². The predicted molar refractivity (Wildman–Crippen MR) is 87.7 cm³/mol. The second-order valence-electron chi connectivity index (χ2n) is 5.09. The Morgan fingerprint density at radius 2 is 1.80 bits per heavy atom. The summed E-state index contributed by atoms with van der Waals surface area (Å²) < 4.78 is 0. The SMILES string of the molecule is CCc1ccc(C(CCNC)c2cccc(Cl)c2)cc1. The highest BCUT2D eigenvalue weighted by Crippen LogP contribution is 2.29. The second-order valence-corrected chi connectivity index (χ2v) is 5.53. The molecule has 1 atom stereocenters. The lowest BCUT2D eigenvalue weighted by molar-refractivity contribution is 0.661. The molecule has 0 radical (unpaired) electrons. The van der Waals surface area contributed by atoms with Crippen LogP contribution in [0.4, 0.5) is 0 Å². The average Bonchev–Trinajstić information content (AvgIpc) is 2.48. The van der Waals surface area contributed by atoms with Crippen molar-refractivity contribution in [3.05, 3.63) is 70.2 Å². The fourth-order valence-electron chi connectivity index (χ4n) is 2.52. The van der Waals surface area contributed by atoms with Gasteiger partial charge in [0.15, 0.2) is 0 Å². The minimum Gasteiger partial charge on any atom is -0.320 e. The van der Waals surface area contributed by atoms with Gasteiger partial charge in [0.1, 0.15) is 0 Å². The Morgan fingerprint density at radius 1 is 1.05 bits per heavy atom. The first-order valence-electron chi connectivity index (χ1n) is 7.23. The van der Waals surface area contributed by atoms with E-state index in [-0.39, 0.29) is 0 Å². The second kappa shape index (κ2) is 7.47. The molecule has 1 unspecified atom stereocenters. The van der Waals surface area contributed by atoms with Gasteiger partial charge in [0.2, 0.25) is 0 Å². The van der Waals surface area contributed by atoms with Crippen molar-refractivity contribution >= 4 is 11.6 Å². The van der Waals surface area contributed by atoms with Gasteiger partial charge in [-0.05, 0) is 55.3 Å². The molecule has 0 aliphatic carbocycles. The van der Waals surface area contributed by atoms with Gasteiger partial charge in [0.25, 0.3) is 0 Å². The summed E-state index contributed by atoms with van der Waals surface area (Å²) in [5, 5.41) is 4.05. The summed E-state index contributed by atoms with van der Waals surface area (Å²) in [6.45, 7) is 3.18. The molecule has 0 saturated heterocycles. The summed E-state index contributed by atoms with van der Waals surface area (Å²) in [5.41, 5.74) is 4.03. The Morgan fingerprint density at radius 3 is 2.40 bits per heavy atom. The summed E-state index contributed by atoms with van der Waals surface area (Å²) >= 11 is 6.14. The van der Waals surface area contributed by atoms with E-state index in [0.29, 0.717) is 5.92 Å². The molecule has 0 amide bonds. The fourth-order valence-corrected chi connectivity index (χ4v) is 2.72. The Kier molecular flexibility index (Phi) is 5.63. The van der Waals surface area contributed by atoms with E-state index in [9.17, 15) is 0 Å². The van der Waals surface area contributed by atoms with Crippen LogP contribution in [0.25, 0.3) is 0 Å². The lowest BCUT2D eigenvalue weighted by Crippen LogP contribution is -2.13. The van der Waals surface area contributed by atoms with Crippen molar-refractivity contribution in [1.82, 2.24) is 5.32 Å². The Balaban J connectivity index is 2.30. The van der Waals surface area contributed by atoms with Crippen LogP contribution < -0.4 is 5.32 Å². The third-order valence-corrected chi connectivity index (χ3v) is 3.96. The zero-order valence-electron chi connectivity index (χ0n) is 12.2. The van der Waals surface area contributed by atoms with Gasteiger partial charge in [-0.2, -0.15) is 0 Å². The Bertz CT molecular complexity index is 533. The number of aryl methyl sites for hydroxylation is 1. The standard InChI is InChI=1S/C18H22ClN/c1-3-14-7-9-15(10-8-14)18(11-12-20-2)16-5-4-6-17(19)13-16/h4-10,13,18,20H,3,11-12H2,1-2H3. The lowest BCUT2D eigenvalue weighted by Gasteiger charge is -2.18. The van der Waals surface area contributed by atoms with Crippen LogP contribution in [-0.2, 0) is 6.42 Å². The number of rotatable bonds is 6. The van der Waals surface area contributed by atoms with Crippen LogP contribution in [0.1, 0.15) is 36.0 Å². The summed E-state index contributed by atoms with van der Waals surface area (Å²) in [5.74, 6) is 0.395. The van der Waals surface area contributed by atoms with Crippen LogP contribution in [0, 0.1) is 0 Å². The third-order valence-electron chi connectivity index (χ3n) is 3.72. The number of hydrogen-bond acceptors (Lipinski definition) is 1. The highest BCUT2D eigenvalue weighted by molar-refractivity contribution is 6.30. The van der Waals surface area contributed by atoms with Crippen molar-refractivity contribution in [2.75, 3.05) is 13.6 Å². The van der Waals surface area contributed by atoms with E-state index in [1.807, 2.05) is 19.2 Å². The number of nitrogens with one attached hydrogen (secondary N) is 1. The first kappa shape index (κ1) is 15.1. The van der Waals surface area contributed by atoms with Gasteiger partial charge in [0.05, 0.1) is 0 Å². The largest absolute Gasteiger partial charge is 0.320 e. The average molecular weight is 288 g/mol. The van der Waals surface area contributed by atoms with E-state index < -0.39 is 0 Å². The summed E-state index contributed by atoms with van der Waals surface area (Å²) in [6, 6.07) is 17.2. The van der Waals surface area contributed by atoms with Crippen molar-refractivity contribution in [3.63, 3.8) is 0 Å². The normalized spacial score (nSPS) is 12.3. The monoisotopic (exact) mass is 287 g/mol. The molecule has 0 bridgehead atoms. The molecule has 1 nitrogen and oxygen atoms in total. The smallest absolute Gasteiger partial charge is 0.0408 e. The number of halogens is 1. The van der Waals surface area contributed by atoms with E-state index >= 15 is 0 Å². The molecular weight excluding hydrogens is 266 g/mol. The van der Waals surface area contributed by atoms with Gasteiger partial charge in [-0.25, -0.2) is 0 Å². The summed E-state index contributed by atoms with van der Waals surface area (Å²) in [7, 11) is 2.00. The molecule has 1 N–H and O–H groups in total. The van der Waals surface area contributed by atoms with Crippen molar-refractivity contribution < 1.29 is 0 Å². The molecule has 2 aromatic carbocycles. The van der Waals surface area contributed by atoms with Gasteiger partial charge < -0.3 is 5.32 Å². The molecule has 106 valence electrons. The van der Waals surface area contributed by atoms with Gasteiger partial charge in [-0.1, -0.05) is 54.9 Å². The number of hydrogen-bond donors (Lipinski definition) is 1. The van der Waals surface area contributed by atoms with Crippen LogP contribution >= 0.6 is 11.6 Å². The zero-order valence-corrected chi connectivity index (χ0v) is 13.0. The van der Waals surface area contributed by atoms with Crippen LogP contribution in [0.15, 0.2) is 48.5 Å². The van der Waals surface area contributed by atoms with Crippen LogP contribution in [-0.4, -0.2) is 13.6 Å². The summed E-state index contributed by atoms with van der Waals surface area (Å²) in [4.78, 5) is 0. The predicted octanol–water partition coefficient (Wildman–Crippen LogP) is 4.64. The van der Waals surface area contributed by atoms with Crippen molar-refractivity contribution in [3.8, 4) is 0 Å². The fraction of sp³-hybridized carbons (Fsp3) is 0.333. The Hall–Kier alpha value is -1.31. The van der Waals surface area contributed by atoms with Crippen LogP contribution in [0.5, 0.6) is 0 Å². The van der Waals surface area contributed by atoms with Gasteiger partial charge in [0, 0.05) is 10.9 Å². The molecule has 2 rings (SSSR count). The molecule has 0 fully saturated rings. The highest BCUT2D eigenvalue weighted by Gasteiger charge is 2.14. The van der Waals surface area contributed by atoms with E-state index in [1.165, 1.54) is 16.7 Å². The molecule has 0 heterocycles. The van der Waals surface area contributed by atoms with E-state index in [4.69, 9.17) is 11.6 Å². The zero-order chi connectivity index (χ0) is 14.4. The van der Waals surface area contributed by atoms with E-state index in [0.717, 1.165) is 24.4 Å². The van der Waals surface area contributed by atoms with Gasteiger partial charge in [-0.15, -0.1) is 0 Å².